The summed E-state index contributed by atoms with van der Waals surface area (Å²) in [4.78, 5) is 0. The first kappa shape index (κ1) is 27.0. The van der Waals surface area contributed by atoms with Crippen LogP contribution < -0.4 is 0 Å². The Hall–Kier alpha value is -6.84. The lowest BCUT2D eigenvalue weighted by Crippen LogP contribution is -1.96. The Bertz CT molecular complexity index is 3360. The molecule has 3 heteroatoms. The van der Waals surface area contributed by atoms with Crippen molar-refractivity contribution in [2.45, 2.75) is 0 Å². The van der Waals surface area contributed by atoms with Gasteiger partial charge in [-0.25, -0.2) is 0 Å². The van der Waals surface area contributed by atoms with E-state index in [0.29, 0.717) is 0 Å². The second-order valence-corrected chi connectivity index (χ2v) is 13.7. The second-order valence-electron chi connectivity index (χ2n) is 13.7. The molecule has 0 spiro atoms. The first-order chi connectivity index (χ1) is 25.3. The van der Waals surface area contributed by atoms with E-state index in [1.54, 1.807) is 0 Å². The molecule has 0 atom stereocenters. The molecule has 0 unspecified atom stereocenters. The van der Waals surface area contributed by atoms with Gasteiger partial charge in [0.25, 0.3) is 0 Å². The van der Waals surface area contributed by atoms with Crippen LogP contribution in [0.5, 0.6) is 0 Å². The van der Waals surface area contributed by atoms with Gasteiger partial charge < -0.3 is 13.5 Å². The van der Waals surface area contributed by atoms with Crippen molar-refractivity contribution in [2.24, 2.45) is 0 Å². The number of nitrogens with zero attached hydrogens (tertiary/aromatic N) is 3. The van der Waals surface area contributed by atoms with E-state index < -0.39 is 0 Å². The summed E-state index contributed by atoms with van der Waals surface area (Å²) in [5, 5.41) is 10.2. The van der Waals surface area contributed by atoms with Crippen molar-refractivity contribution in [3.63, 3.8) is 0 Å². The highest BCUT2D eigenvalue weighted by Crippen LogP contribution is 2.43. The molecule has 4 heterocycles. The van der Waals surface area contributed by atoms with Crippen LogP contribution in [0, 0.1) is 0 Å². The third kappa shape index (κ3) is 3.52. The van der Waals surface area contributed by atoms with E-state index in [-0.39, 0.29) is 0 Å². The zero-order chi connectivity index (χ0) is 33.2. The highest BCUT2D eigenvalue weighted by Gasteiger charge is 2.21. The van der Waals surface area contributed by atoms with Gasteiger partial charge in [0.15, 0.2) is 0 Å². The van der Waals surface area contributed by atoms with Crippen LogP contribution in [0.15, 0.2) is 176 Å². The van der Waals surface area contributed by atoms with Crippen molar-refractivity contribution in [3.05, 3.63) is 176 Å². The summed E-state index contributed by atoms with van der Waals surface area (Å²) in [5.74, 6) is 0. The average Bonchev–Trinajstić information content (AvgIpc) is 3.92. The van der Waals surface area contributed by atoms with Gasteiger partial charge in [0.05, 0.1) is 38.6 Å². The molecular weight excluding hydrogens is 619 g/mol. The predicted molar refractivity (Wildman–Crippen MR) is 215 cm³/mol. The monoisotopic (exact) mass is 647 g/mol. The van der Waals surface area contributed by atoms with Gasteiger partial charge in [-0.3, -0.25) is 0 Å². The average molecular weight is 648 g/mol. The summed E-state index contributed by atoms with van der Waals surface area (Å²) in [6.07, 6.45) is 0. The number of benzene rings is 8. The number of fused-ring (bicyclic) bond motifs is 12. The maximum Gasteiger partial charge on any atom is 0.0620 e. The minimum Gasteiger partial charge on any atom is -0.309 e. The topological polar surface area (TPSA) is 14.3 Å². The minimum atomic E-state index is 1.16. The summed E-state index contributed by atoms with van der Waals surface area (Å²) in [5.41, 5.74) is 13.4. The number of para-hydroxylation sites is 6. The van der Waals surface area contributed by atoms with Crippen LogP contribution in [-0.4, -0.2) is 13.5 Å². The minimum absolute atomic E-state index is 1.16. The standard InChI is InChI=1S/C48H29N3/c1-2-12-31(13-3-1)49-42-21-7-6-16-36(42)41-28-30(24-27-45(41)49)33-17-10-18-38-34-14-4-8-22-43(34)50(47(33)38)32-25-26-37-40-20-11-19-39-35-15-5-9-23-44(35)51(48(39)40)46(37)29-32/h1-29H. The summed E-state index contributed by atoms with van der Waals surface area (Å²) in [6.45, 7) is 0. The molecule has 0 amide bonds. The summed E-state index contributed by atoms with van der Waals surface area (Å²) < 4.78 is 7.35. The fraction of sp³-hybridized carbons (Fsp3) is 0. The molecular formula is C48H29N3. The fourth-order valence-corrected chi connectivity index (χ4v) is 9.07. The normalized spacial score (nSPS) is 12.3. The van der Waals surface area contributed by atoms with Gasteiger partial charge in [0, 0.05) is 60.0 Å². The quantitative estimate of drug-likeness (QED) is 0.181. The molecule has 12 rings (SSSR count). The molecule has 0 N–H and O–H groups in total. The molecule has 0 aliphatic carbocycles. The van der Waals surface area contributed by atoms with E-state index in [0.717, 1.165) is 5.69 Å². The Morgan fingerprint density at radius 2 is 0.824 bits per heavy atom. The molecule has 236 valence electrons. The van der Waals surface area contributed by atoms with Crippen molar-refractivity contribution < 1.29 is 0 Å². The molecule has 0 saturated carbocycles. The van der Waals surface area contributed by atoms with Crippen LogP contribution in [-0.2, 0) is 0 Å². The third-order valence-electron chi connectivity index (χ3n) is 11.2. The van der Waals surface area contributed by atoms with E-state index in [9.17, 15) is 0 Å². The molecule has 0 aliphatic heterocycles. The maximum absolute atomic E-state index is 2.49. The molecule has 0 saturated heterocycles. The van der Waals surface area contributed by atoms with Gasteiger partial charge in [0.1, 0.15) is 0 Å². The van der Waals surface area contributed by atoms with Crippen molar-refractivity contribution in [3.8, 4) is 22.5 Å². The SMILES string of the molecule is c1ccc(-n2c3ccccc3c3cc(-c4cccc5c6ccccc6n(-c6ccc7c8cccc9c%10ccccc%10n(c7c6)c98)c45)ccc32)cc1. The fourth-order valence-electron chi connectivity index (χ4n) is 9.07. The van der Waals surface area contributed by atoms with Crippen LogP contribution >= 0.6 is 0 Å². The largest absolute Gasteiger partial charge is 0.309 e. The molecule has 12 aromatic rings. The zero-order valence-corrected chi connectivity index (χ0v) is 27.6. The van der Waals surface area contributed by atoms with Crippen molar-refractivity contribution in [1.82, 2.24) is 13.5 Å². The van der Waals surface area contributed by atoms with Crippen molar-refractivity contribution in [2.75, 3.05) is 0 Å². The van der Waals surface area contributed by atoms with Gasteiger partial charge in [-0.2, -0.15) is 0 Å². The lowest BCUT2D eigenvalue weighted by atomic mass is 10.00. The molecule has 0 radical (unpaired) electrons. The molecule has 8 aromatic carbocycles. The Labute approximate surface area is 292 Å². The van der Waals surface area contributed by atoms with Crippen LogP contribution in [0.4, 0.5) is 0 Å². The van der Waals surface area contributed by atoms with Crippen LogP contribution in [0.3, 0.4) is 0 Å². The summed E-state index contributed by atoms with van der Waals surface area (Å²) in [7, 11) is 0. The van der Waals surface area contributed by atoms with E-state index in [4.69, 9.17) is 0 Å². The lowest BCUT2D eigenvalue weighted by molar-refractivity contribution is 1.18. The number of rotatable bonds is 3. The van der Waals surface area contributed by atoms with Gasteiger partial charge in [-0.1, -0.05) is 121 Å². The van der Waals surface area contributed by atoms with Gasteiger partial charge in [-0.05, 0) is 60.2 Å². The van der Waals surface area contributed by atoms with Crippen LogP contribution in [0.1, 0.15) is 0 Å². The molecule has 0 aliphatic rings. The Morgan fingerprint density at radius 1 is 0.275 bits per heavy atom. The molecule has 0 bridgehead atoms. The zero-order valence-electron chi connectivity index (χ0n) is 27.6. The smallest absolute Gasteiger partial charge is 0.0620 e. The first-order valence-electron chi connectivity index (χ1n) is 17.6. The molecule has 4 aromatic heterocycles. The number of aromatic nitrogens is 3. The molecule has 51 heavy (non-hydrogen) atoms. The summed E-state index contributed by atoms with van der Waals surface area (Å²) >= 11 is 0. The predicted octanol–water partition coefficient (Wildman–Crippen LogP) is 12.7. The Morgan fingerprint density at radius 3 is 1.59 bits per heavy atom. The third-order valence-corrected chi connectivity index (χ3v) is 11.2. The van der Waals surface area contributed by atoms with E-state index in [1.807, 2.05) is 0 Å². The van der Waals surface area contributed by atoms with E-state index in [2.05, 4.69) is 189 Å². The van der Waals surface area contributed by atoms with E-state index >= 15 is 0 Å². The highest BCUT2D eigenvalue weighted by molar-refractivity contribution is 6.23. The second kappa shape index (κ2) is 9.87. The van der Waals surface area contributed by atoms with Crippen LogP contribution in [0.25, 0.3) is 104 Å². The number of hydrogen-bond donors (Lipinski definition) is 0. The van der Waals surface area contributed by atoms with Crippen molar-refractivity contribution in [1.29, 1.82) is 0 Å². The Kier molecular flexibility index (Phi) is 5.23. The first-order valence-corrected chi connectivity index (χ1v) is 17.6. The highest BCUT2D eigenvalue weighted by atomic mass is 15.0. The van der Waals surface area contributed by atoms with Gasteiger partial charge in [-0.15, -0.1) is 0 Å². The number of hydrogen-bond acceptors (Lipinski definition) is 0. The van der Waals surface area contributed by atoms with E-state index in [1.165, 1.54) is 98.5 Å². The van der Waals surface area contributed by atoms with Crippen LogP contribution in [0.2, 0.25) is 0 Å². The molecule has 0 fully saturated rings. The Balaban J connectivity index is 1.16. The molecule has 3 nitrogen and oxygen atoms in total. The van der Waals surface area contributed by atoms with Crippen molar-refractivity contribution >= 4 is 81.7 Å². The maximum atomic E-state index is 2.49. The lowest BCUT2D eigenvalue weighted by Gasteiger charge is -2.13. The van der Waals surface area contributed by atoms with Gasteiger partial charge in [0.2, 0.25) is 0 Å². The van der Waals surface area contributed by atoms with Gasteiger partial charge >= 0.3 is 0 Å². The summed E-state index contributed by atoms with van der Waals surface area (Å²) in [6, 6.07) is 64.7.